The molecule has 0 heterocycles. The van der Waals surface area contributed by atoms with E-state index in [2.05, 4.69) is 5.32 Å². The monoisotopic (exact) mass is 258 g/mol. The molecule has 1 atom stereocenters. The lowest BCUT2D eigenvalue weighted by molar-refractivity contribution is -0.139. The molecule has 0 aromatic heterocycles. The number of likely N-dealkylation sites (N-methyl/N-ethyl adjacent to an activating group) is 1. The minimum atomic E-state index is -0.975. The number of aliphatic carboxylic acids is 1. The smallest absolute Gasteiger partial charge is 0.317 e. The minimum Gasteiger partial charge on any atom is -0.480 e. The number of Topliss-reactive ketones (excluding diaryl/α,β-unsaturated/α-hetero) is 1. The van der Waals surface area contributed by atoms with Gasteiger partial charge < -0.3 is 10.4 Å². The second-order valence-corrected chi connectivity index (χ2v) is 4.60. The van der Waals surface area contributed by atoms with Crippen LogP contribution < -0.4 is 5.32 Å². The Bertz CT molecular complexity index is 315. The van der Waals surface area contributed by atoms with Crippen LogP contribution in [0, 0.1) is 5.92 Å². The third kappa shape index (κ3) is 6.34. The number of carboxylic acid groups (broad SMARTS) is 1. The van der Waals surface area contributed by atoms with Gasteiger partial charge in [-0.05, 0) is 19.4 Å². The maximum Gasteiger partial charge on any atom is 0.317 e. The number of carbonyl (C=O) groups excluding carboxylic acids is 2. The van der Waals surface area contributed by atoms with E-state index in [9.17, 15) is 14.4 Å². The molecule has 0 aromatic carbocycles. The summed E-state index contributed by atoms with van der Waals surface area (Å²) in [6, 6.07) is -0.513. The maximum atomic E-state index is 11.7. The Morgan fingerprint density at radius 3 is 2.11 bits per heavy atom. The Morgan fingerprint density at radius 1 is 1.22 bits per heavy atom. The molecule has 1 unspecified atom stereocenters. The summed E-state index contributed by atoms with van der Waals surface area (Å²) >= 11 is 0. The highest BCUT2D eigenvalue weighted by Crippen LogP contribution is 2.02. The van der Waals surface area contributed by atoms with Crippen LogP contribution in [0.5, 0.6) is 0 Å². The van der Waals surface area contributed by atoms with Gasteiger partial charge in [0.1, 0.15) is 0 Å². The first-order valence-electron chi connectivity index (χ1n) is 6.01. The van der Waals surface area contributed by atoms with Gasteiger partial charge in [-0.15, -0.1) is 0 Å². The molecule has 0 fully saturated rings. The van der Waals surface area contributed by atoms with Crippen molar-refractivity contribution in [3.8, 4) is 0 Å². The Hall–Kier alpha value is -1.43. The molecule has 18 heavy (non-hydrogen) atoms. The first-order valence-corrected chi connectivity index (χ1v) is 6.01. The predicted octanol–water partition coefficient (Wildman–Crippen LogP) is 0.123. The van der Waals surface area contributed by atoms with E-state index in [0.29, 0.717) is 6.54 Å². The summed E-state index contributed by atoms with van der Waals surface area (Å²) in [6.45, 7) is 7.17. The standard InChI is InChI=1S/C12H22N2O4/c1-5-14(7-11(17)18)6-10(16)13-12(8(2)3)9(4)15/h8,12H,5-7H2,1-4H3,(H,13,16)(H,17,18). The van der Waals surface area contributed by atoms with Crippen LogP contribution in [0.3, 0.4) is 0 Å². The lowest BCUT2D eigenvalue weighted by atomic mass is 10.0. The van der Waals surface area contributed by atoms with E-state index in [4.69, 9.17) is 5.11 Å². The molecule has 6 nitrogen and oxygen atoms in total. The second-order valence-electron chi connectivity index (χ2n) is 4.60. The van der Waals surface area contributed by atoms with Gasteiger partial charge >= 0.3 is 5.97 Å². The van der Waals surface area contributed by atoms with Gasteiger partial charge in [-0.1, -0.05) is 20.8 Å². The molecule has 0 bridgehead atoms. The third-order valence-electron chi connectivity index (χ3n) is 2.59. The summed E-state index contributed by atoms with van der Waals surface area (Å²) in [7, 11) is 0. The average molecular weight is 258 g/mol. The van der Waals surface area contributed by atoms with Crippen LogP contribution in [0.15, 0.2) is 0 Å². The summed E-state index contributed by atoms with van der Waals surface area (Å²) in [4.78, 5) is 35.1. The van der Waals surface area contributed by atoms with Gasteiger partial charge in [0.2, 0.25) is 5.91 Å². The van der Waals surface area contributed by atoms with E-state index in [0.717, 1.165) is 0 Å². The van der Waals surface area contributed by atoms with Crippen LogP contribution in [0.4, 0.5) is 0 Å². The highest BCUT2D eigenvalue weighted by atomic mass is 16.4. The lowest BCUT2D eigenvalue weighted by Gasteiger charge is -2.22. The van der Waals surface area contributed by atoms with Crippen molar-refractivity contribution in [3.05, 3.63) is 0 Å². The van der Waals surface area contributed by atoms with E-state index >= 15 is 0 Å². The van der Waals surface area contributed by atoms with Gasteiger partial charge in [0.25, 0.3) is 0 Å². The van der Waals surface area contributed by atoms with Gasteiger partial charge in [0.15, 0.2) is 5.78 Å². The fourth-order valence-corrected chi connectivity index (χ4v) is 1.63. The molecular formula is C12H22N2O4. The van der Waals surface area contributed by atoms with Crippen LogP contribution in [-0.2, 0) is 14.4 Å². The predicted molar refractivity (Wildman–Crippen MR) is 67.2 cm³/mol. The zero-order chi connectivity index (χ0) is 14.3. The van der Waals surface area contributed by atoms with E-state index in [1.54, 1.807) is 6.92 Å². The maximum absolute atomic E-state index is 11.7. The Kier molecular flexibility index (Phi) is 7.19. The largest absolute Gasteiger partial charge is 0.480 e. The molecule has 0 spiro atoms. The number of hydrogen-bond donors (Lipinski definition) is 2. The molecular weight excluding hydrogens is 236 g/mol. The van der Waals surface area contributed by atoms with Crippen molar-refractivity contribution >= 4 is 17.7 Å². The molecule has 0 aromatic rings. The van der Waals surface area contributed by atoms with Crippen molar-refractivity contribution in [1.82, 2.24) is 10.2 Å². The minimum absolute atomic E-state index is 0.0146. The normalized spacial score (nSPS) is 12.6. The van der Waals surface area contributed by atoms with Crippen LogP contribution in [0.25, 0.3) is 0 Å². The number of amides is 1. The van der Waals surface area contributed by atoms with Crippen LogP contribution in [0.2, 0.25) is 0 Å². The summed E-state index contributed by atoms with van der Waals surface area (Å²) in [5.74, 6) is -1.38. The number of nitrogens with zero attached hydrogens (tertiary/aromatic N) is 1. The highest BCUT2D eigenvalue weighted by molar-refractivity contribution is 5.88. The third-order valence-corrected chi connectivity index (χ3v) is 2.59. The van der Waals surface area contributed by atoms with E-state index in [1.807, 2.05) is 13.8 Å². The Morgan fingerprint density at radius 2 is 1.78 bits per heavy atom. The molecule has 104 valence electrons. The van der Waals surface area contributed by atoms with Crippen molar-refractivity contribution in [2.24, 2.45) is 5.92 Å². The first-order chi connectivity index (χ1) is 8.27. The SMILES string of the molecule is CCN(CC(=O)O)CC(=O)NC(C(C)=O)C(C)C. The molecule has 0 rings (SSSR count). The molecule has 0 aliphatic heterocycles. The molecule has 0 aliphatic carbocycles. The number of carboxylic acids is 1. The molecule has 0 saturated carbocycles. The van der Waals surface area contributed by atoms with E-state index < -0.39 is 12.0 Å². The first kappa shape index (κ1) is 16.6. The zero-order valence-corrected chi connectivity index (χ0v) is 11.4. The summed E-state index contributed by atoms with van der Waals surface area (Å²) in [6.07, 6.45) is 0. The van der Waals surface area contributed by atoms with Crippen LogP contribution in [-0.4, -0.2) is 53.3 Å². The molecule has 2 N–H and O–H groups in total. The molecule has 0 saturated heterocycles. The van der Waals surface area contributed by atoms with Crippen LogP contribution >= 0.6 is 0 Å². The fraction of sp³-hybridized carbons (Fsp3) is 0.750. The summed E-state index contributed by atoms with van der Waals surface area (Å²) < 4.78 is 0. The Balaban J connectivity index is 4.38. The summed E-state index contributed by atoms with van der Waals surface area (Å²) in [5.41, 5.74) is 0. The van der Waals surface area contributed by atoms with Gasteiger partial charge in [-0.2, -0.15) is 0 Å². The number of carbonyl (C=O) groups is 3. The Labute approximate surface area is 107 Å². The van der Waals surface area contributed by atoms with Gasteiger partial charge in [0, 0.05) is 0 Å². The zero-order valence-electron chi connectivity index (χ0n) is 11.4. The number of hydrogen-bond acceptors (Lipinski definition) is 4. The number of ketones is 1. The molecule has 0 aliphatic rings. The molecule has 0 radical (unpaired) electrons. The average Bonchev–Trinajstić information content (AvgIpc) is 2.23. The quantitative estimate of drug-likeness (QED) is 0.646. The highest BCUT2D eigenvalue weighted by Gasteiger charge is 2.21. The number of rotatable bonds is 8. The van der Waals surface area contributed by atoms with Crippen molar-refractivity contribution in [2.75, 3.05) is 19.6 Å². The number of nitrogens with one attached hydrogen (secondary N) is 1. The second kappa shape index (κ2) is 7.81. The van der Waals surface area contributed by atoms with Crippen LogP contribution in [0.1, 0.15) is 27.7 Å². The van der Waals surface area contributed by atoms with Gasteiger partial charge in [-0.25, -0.2) is 0 Å². The summed E-state index contributed by atoms with van der Waals surface area (Å²) in [5, 5.41) is 11.3. The van der Waals surface area contributed by atoms with Crippen molar-refractivity contribution in [2.45, 2.75) is 33.7 Å². The molecule has 1 amide bonds. The van der Waals surface area contributed by atoms with Gasteiger partial charge in [0.05, 0.1) is 19.1 Å². The fourth-order valence-electron chi connectivity index (χ4n) is 1.63. The van der Waals surface area contributed by atoms with Crippen molar-refractivity contribution < 1.29 is 19.5 Å². The van der Waals surface area contributed by atoms with Crippen molar-refractivity contribution in [3.63, 3.8) is 0 Å². The van der Waals surface area contributed by atoms with E-state index in [1.165, 1.54) is 11.8 Å². The van der Waals surface area contributed by atoms with Crippen molar-refractivity contribution in [1.29, 1.82) is 0 Å². The molecule has 6 heteroatoms. The van der Waals surface area contributed by atoms with Gasteiger partial charge in [-0.3, -0.25) is 19.3 Å². The topological polar surface area (TPSA) is 86.7 Å². The van der Waals surface area contributed by atoms with E-state index in [-0.39, 0.29) is 30.7 Å². The lowest BCUT2D eigenvalue weighted by Crippen LogP contribution is -2.48.